The van der Waals surface area contributed by atoms with Gasteiger partial charge in [-0.1, -0.05) is 12.1 Å². The molecule has 4 aliphatic rings. The Balaban J connectivity index is 1.37. The van der Waals surface area contributed by atoms with Gasteiger partial charge in [0.15, 0.2) is 5.78 Å². The maximum absolute atomic E-state index is 13.1. The minimum absolute atomic E-state index is 0.0133. The van der Waals surface area contributed by atoms with Crippen molar-refractivity contribution in [3.8, 4) is 5.75 Å². The summed E-state index contributed by atoms with van der Waals surface area (Å²) in [5.74, 6) is 1.64. The van der Waals surface area contributed by atoms with Crippen LogP contribution >= 0.6 is 0 Å². The molecule has 1 saturated heterocycles. The number of amides is 1. The van der Waals surface area contributed by atoms with E-state index in [2.05, 4.69) is 0 Å². The number of ether oxygens (including phenoxy) is 2. The first kappa shape index (κ1) is 16.3. The van der Waals surface area contributed by atoms with E-state index < -0.39 is 5.60 Å². The molecule has 5 rings (SSSR count). The molecule has 5 nitrogen and oxygen atoms in total. The van der Waals surface area contributed by atoms with Crippen LogP contribution in [-0.2, 0) is 9.53 Å². The van der Waals surface area contributed by atoms with Crippen molar-refractivity contribution < 1.29 is 19.1 Å². The van der Waals surface area contributed by atoms with E-state index >= 15 is 0 Å². The van der Waals surface area contributed by atoms with Crippen molar-refractivity contribution in [2.75, 3.05) is 13.1 Å². The number of nitrogens with zero attached hydrogens (tertiary/aromatic N) is 1. The highest BCUT2D eigenvalue weighted by Gasteiger charge is 2.71. The highest BCUT2D eigenvalue weighted by molar-refractivity contribution is 6.00. The van der Waals surface area contributed by atoms with Crippen molar-refractivity contribution in [3.05, 3.63) is 29.8 Å². The summed E-state index contributed by atoms with van der Waals surface area (Å²) in [6.07, 6.45) is 2.42. The summed E-state index contributed by atoms with van der Waals surface area (Å²) in [5.41, 5.74) is 0.209. The quantitative estimate of drug-likeness (QED) is 0.777. The minimum atomic E-state index is -0.472. The Bertz CT molecular complexity index is 767. The topological polar surface area (TPSA) is 55.8 Å². The van der Waals surface area contributed by atoms with Crippen LogP contribution in [0.5, 0.6) is 5.75 Å². The Hall–Kier alpha value is -1.88. The third kappa shape index (κ3) is 2.33. The van der Waals surface area contributed by atoms with E-state index in [0.717, 1.165) is 12.8 Å². The molecule has 5 heteroatoms. The second-order valence-corrected chi connectivity index (χ2v) is 8.52. The minimum Gasteiger partial charge on any atom is -0.486 e. The largest absolute Gasteiger partial charge is 0.486 e. The smallest absolute Gasteiger partial charge is 0.226 e. The van der Waals surface area contributed by atoms with E-state index in [0.29, 0.717) is 36.7 Å². The van der Waals surface area contributed by atoms with Crippen molar-refractivity contribution in [2.45, 2.75) is 50.9 Å². The number of benzene rings is 1. The Morgan fingerprint density at radius 3 is 2.69 bits per heavy atom. The second-order valence-electron chi connectivity index (χ2n) is 8.52. The van der Waals surface area contributed by atoms with Gasteiger partial charge in [-0.25, -0.2) is 0 Å². The van der Waals surface area contributed by atoms with E-state index in [-0.39, 0.29) is 35.7 Å². The summed E-state index contributed by atoms with van der Waals surface area (Å²) in [6.45, 7) is 5.36. The SMILES string of the molecule is C[C@H]1CN(C(=O)[C@@H]2[C@H]3CC[C@@]4(CC(=O)c5ccccc5O4)[C@@H]32)C[C@H](C)O1. The fraction of sp³-hybridized carbons (Fsp3) is 0.619. The molecule has 0 unspecified atom stereocenters. The van der Waals surface area contributed by atoms with Crippen LogP contribution in [0.3, 0.4) is 0 Å². The molecule has 0 bridgehead atoms. The molecule has 1 amide bonds. The molecule has 2 aliphatic carbocycles. The number of morpholine rings is 1. The van der Waals surface area contributed by atoms with E-state index in [1.54, 1.807) is 0 Å². The molecule has 1 spiro atoms. The monoisotopic (exact) mass is 355 g/mol. The predicted octanol–water partition coefficient (Wildman–Crippen LogP) is 2.68. The van der Waals surface area contributed by atoms with Crippen LogP contribution in [-0.4, -0.2) is 47.5 Å². The van der Waals surface area contributed by atoms with Gasteiger partial charge in [0, 0.05) is 24.9 Å². The molecule has 0 N–H and O–H groups in total. The summed E-state index contributed by atoms with van der Waals surface area (Å²) in [4.78, 5) is 27.8. The van der Waals surface area contributed by atoms with Crippen LogP contribution in [0.25, 0.3) is 0 Å². The lowest BCUT2D eigenvalue weighted by molar-refractivity contribution is -0.146. The van der Waals surface area contributed by atoms with Gasteiger partial charge < -0.3 is 14.4 Å². The normalized spacial score (nSPS) is 40.8. The number of ketones is 1. The molecular formula is C21H25NO4. The average Bonchev–Trinajstić information content (AvgIpc) is 3.24. The molecule has 0 radical (unpaired) electrons. The van der Waals surface area contributed by atoms with Crippen LogP contribution in [0.15, 0.2) is 24.3 Å². The van der Waals surface area contributed by atoms with Gasteiger partial charge in [0.2, 0.25) is 5.91 Å². The van der Waals surface area contributed by atoms with Gasteiger partial charge in [-0.2, -0.15) is 0 Å². The molecular weight excluding hydrogens is 330 g/mol. The molecule has 2 saturated carbocycles. The third-order valence-corrected chi connectivity index (χ3v) is 6.65. The molecule has 2 heterocycles. The number of para-hydroxylation sites is 1. The standard InChI is InChI=1S/C21H25NO4/c1-12-10-22(11-13(2)25-12)20(24)18-15-7-8-21(19(15)18)9-16(23)14-5-3-4-6-17(14)26-21/h3-6,12-13,15,18-19H,7-11H2,1-2H3/t12-,13-,15+,18+,19-,21+/m0/s1. The molecule has 138 valence electrons. The van der Waals surface area contributed by atoms with Crippen molar-refractivity contribution in [2.24, 2.45) is 17.8 Å². The Morgan fingerprint density at radius 1 is 1.19 bits per heavy atom. The van der Waals surface area contributed by atoms with Gasteiger partial charge >= 0.3 is 0 Å². The van der Waals surface area contributed by atoms with Crippen molar-refractivity contribution >= 4 is 11.7 Å². The van der Waals surface area contributed by atoms with Crippen LogP contribution in [0, 0.1) is 17.8 Å². The van der Waals surface area contributed by atoms with Gasteiger partial charge in [-0.15, -0.1) is 0 Å². The van der Waals surface area contributed by atoms with Gasteiger partial charge in [0.25, 0.3) is 0 Å². The van der Waals surface area contributed by atoms with E-state index in [4.69, 9.17) is 9.47 Å². The van der Waals surface area contributed by atoms with Crippen LogP contribution in [0.2, 0.25) is 0 Å². The maximum Gasteiger partial charge on any atom is 0.226 e. The van der Waals surface area contributed by atoms with Crippen molar-refractivity contribution in [1.29, 1.82) is 0 Å². The molecule has 6 atom stereocenters. The first-order chi connectivity index (χ1) is 12.5. The first-order valence-electron chi connectivity index (χ1n) is 9.74. The van der Waals surface area contributed by atoms with Gasteiger partial charge in [-0.05, 0) is 44.7 Å². The van der Waals surface area contributed by atoms with Gasteiger partial charge in [0.1, 0.15) is 11.4 Å². The summed E-state index contributed by atoms with van der Waals surface area (Å²) in [7, 11) is 0. The number of carbonyl (C=O) groups is 2. The fourth-order valence-corrected chi connectivity index (χ4v) is 5.67. The van der Waals surface area contributed by atoms with E-state index in [1.807, 2.05) is 43.0 Å². The summed E-state index contributed by atoms with van der Waals surface area (Å²) < 4.78 is 12.2. The zero-order valence-corrected chi connectivity index (χ0v) is 15.3. The third-order valence-electron chi connectivity index (χ3n) is 6.65. The molecule has 26 heavy (non-hydrogen) atoms. The number of Topliss-reactive ketones (excluding diaryl/α,β-unsaturated/α-hetero) is 1. The summed E-state index contributed by atoms with van der Waals surface area (Å²) in [6, 6.07) is 7.50. The number of hydrogen-bond donors (Lipinski definition) is 0. The second kappa shape index (κ2) is 5.56. The number of hydrogen-bond acceptors (Lipinski definition) is 4. The Morgan fingerprint density at radius 2 is 1.92 bits per heavy atom. The number of rotatable bonds is 1. The van der Waals surface area contributed by atoms with E-state index in [9.17, 15) is 9.59 Å². The fourth-order valence-electron chi connectivity index (χ4n) is 5.67. The first-order valence-corrected chi connectivity index (χ1v) is 9.74. The molecule has 2 aliphatic heterocycles. The number of fused-ring (bicyclic) bond motifs is 3. The molecule has 0 aromatic heterocycles. The molecule has 1 aromatic carbocycles. The lowest BCUT2D eigenvalue weighted by Crippen LogP contribution is -2.50. The van der Waals surface area contributed by atoms with Crippen LogP contribution in [0.1, 0.15) is 43.5 Å². The highest BCUT2D eigenvalue weighted by Crippen LogP contribution is 2.66. The van der Waals surface area contributed by atoms with E-state index in [1.165, 1.54) is 0 Å². The zero-order valence-electron chi connectivity index (χ0n) is 15.3. The highest BCUT2D eigenvalue weighted by atomic mass is 16.5. The Labute approximate surface area is 153 Å². The molecule has 1 aromatic rings. The molecule has 3 fully saturated rings. The predicted molar refractivity (Wildman–Crippen MR) is 95.0 cm³/mol. The zero-order chi connectivity index (χ0) is 18.1. The van der Waals surface area contributed by atoms with Crippen LogP contribution in [0.4, 0.5) is 0 Å². The van der Waals surface area contributed by atoms with Gasteiger partial charge in [0.05, 0.1) is 24.2 Å². The average molecular weight is 355 g/mol. The Kier molecular flexibility index (Phi) is 3.48. The lowest BCUT2D eigenvalue weighted by Gasteiger charge is -2.38. The maximum atomic E-state index is 13.1. The van der Waals surface area contributed by atoms with Gasteiger partial charge in [-0.3, -0.25) is 9.59 Å². The summed E-state index contributed by atoms with van der Waals surface area (Å²) >= 11 is 0. The summed E-state index contributed by atoms with van der Waals surface area (Å²) in [5, 5.41) is 0. The van der Waals surface area contributed by atoms with Crippen molar-refractivity contribution in [3.63, 3.8) is 0 Å². The lowest BCUT2D eigenvalue weighted by atomic mass is 9.84. The van der Waals surface area contributed by atoms with Crippen LogP contribution < -0.4 is 4.74 Å². The van der Waals surface area contributed by atoms with Crippen molar-refractivity contribution in [1.82, 2.24) is 4.90 Å². The number of carbonyl (C=O) groups excluding carboxylic acids is 2.